The Kier molecular flexibility index (Phi) is 4.97. The highest BCUT2D eigenvalue weighted by Crippen LogP contribution is 2.21. The number of benzene rings is 1. The summed E-state index contributed by atoms with van der Waals surface area (Å²) in [6.45, 7) is 2.36. The minimum Gasteiger partial charge on any atom is -0.480 e. The summed E-state index contributed by atoms with van der Waals surface area (Å²) in [4.78, 5) is 24.5. The van der Waals surface area contributed by atoms with Gasteiger partial charge in [-0.1, -0.05) is 0 Å². The summed E-state index contributed by atoms with van der Waals surface area (Å²) in [5.74, 6) is -4.13. The standard InChI is InChI=1S/C14H14F2N2O3/c1-14(2,13(20)21)18(7-3-6-17)12(19)10-5-4-9(15)8-11(10)16/h4-5,8H,3,7H2,1-2H3,(H,20,21). The topological polar surface area (TPSA) is 81.4 Å². The molecule has 0 saturated heterocycles. The molecule has 0 heterocycles. The molecule has 0 bridgehead atoms. The number of carbonyl (C=O) groups excluding carboxylic acids is 1. The molecule has 7 heteroatoms. The molecule has 0 radical (unpaired) electrons. The van der Waals surface area contributed by atoms with E-state index in [4.69, 9.17) is 5.26 Å². The van der Waals surface area contributed by atoms with E-state index in [2.05, 4.69) is 0 Å². The molecule has 112 valence electrons. The SMILES string of the molecule is CC(C)(C(=O)O)N(CCC#N)C(=O)c1ccc(F)cc1F. The Morgan fingerprint density at radius 2 is 2.00 bits per heavy atom. The minimum absolute atomic E-state index is 0.106. The van der Waals surface area contributed by atoms with Gasteiger partial charge >= 0.3 is 5.97 Å². The molecule has 0 saturated carbocycles. The molecular weight excluding hydrogens is 282 g/mol. The lowest BCUT2D eigenvalue weighted by molar-refractivity contribution is -0.147. The first-order chi connectivity index (χ1) is 9.71. The molecule has 0 spiro atoms. The van der Waals surface area contributed by atoms with Gasteiger partial charge in [-0.05, 0) is 26.0 Å². The summed E-state index contributed by atoms with van der Waals surface area (Å²) in [6, 6.07) is 4.20. The first-order valence-corrected chi connectivity index (χ1v) is 6.09. The average molecular weight is 296 g/mol. The third-order valence-corrected chi connectivity index (χ3v) is 3.05. The fraction of sp³-hybridized carbons (Fsp3) is 0.357. The number of aliphatic carboxylic acids is 1. The lowest BCUT2D eigenvalue weighted by Crippen LogP contribution is -2.53. The van der Waals surface area contributed by atoms with E-state index in [9.17, 15) is 23.5 Å². The number of nitriles is 1. The summed E-state index contributed by atoms with van der Waals surface area (Å²) in [5, 5.41) is 17.8. The Balaban J connectivity index is 3.23. The van der Waals surface area contributed by atoms with Crippen LogP contribution in [0.15, 0.2) is 18.2 Å². The number of nitrogens with zero attached hydrogens (tertiary/aromatic N) is 2. The number of halogens is 2. The number of carboxylic acids is 1. The molecule has 1 amide bonds. The second-order valence-corrected chi connectivity index (χ2v) is 4.85. The number of amides is 1. The molecule has 1 N–H and O–H groups in total. The highest BCUT2D eigenvalue weighted by atomic mass is 19.1. The van der Waals surface area contributed by atoms with Crippen molar-refractivity contribution in [3.05, 3.63) is 35.4 Å². The maximum absolute atomic E-state index is 13.7. The van der Waals surface area contributed by atoms with Gasteiger partial charge in [-0.25, -0.2) is 13.6 Å². The van der Waals surface area contributed by atoms with Crippen molar-refractivity contribution in [1.82, 2.24) is 4.90 Å². The van der Waals surface area contributed by atoms with Crippen LogP contribution in [-0.4, -0.2) is 34.0 Å². The molecule has 0 aliphatic heterocycles. The van der Waals surface area contributed by atoms with Crippen LogP contribution >= 0.6 is 0 Å². The van der Waals surface area contributed by atoms with E-state index < -0.39 is 34.6 Å². The van der Waals surface area contributed by atoms with E-state index in [-0.39, 0.29) is 13.0 Å². The van der Waals surface area contributed by atoms with Gasteiger partial charge < -0.3 is 10.0 Å². The van der Waals surface area contributed by atoms with Crippen LogP contribution in [0.2, 0.25) is 0 Å². The van der Waals surface area contributed by atoms with Gasteiger partial charge in [0.25, 0.3) is 5.91 Å². The molecule has 0 fully saturated rings. The lowest BCUT2D eigenvalue weighted by Gasteiger charge is -2.34. The van der Waals surface area contributed by atoms with Crippen molar-refractivity contribution in [1.29, 1.82) is 5.26 Å². The molecule has 21 heavy (non-hydrogen) atoms. The maximum Gasteiger partial charge on any atom is 0.329 e. The van der Waals surface area contributed by atoms with E-state index in [0.717, 1.165) is 17.0 Å². The smallest absolute Gasteiger partial charge is 0.329 e. The molecule has 1 aromatic carbocycles. The number of carbonyl (C=O) groups is 2. The molecule has 0 atom stereocenters. The summed E-state index contributed by atoms with van der Waals surface area (Å²) in [6.07, 6.45) is -0.106. The van der Waals surface area contributed by atoms with Crippen molar-refractivity contribution in [2.45, 2.75) is 25.8 Å². The van der Waals surface area contributed by atoms with Crippen LogP contribution < -0.4 is 0 Å². The molecular formula is C14H14F2N2O3. The normalized spacial score (nSPS) is 10.8. The number of hydrogen-bond donors (Lipinski definition) is 1. The second-order valence-electron chi connectivity index (χ2n) is 4.85. The Morgan fingerprint density at radius 3 is 2.48 bits per heavy atom. The molecule has 5 nitrogen and oxygen atoms in total. The van der Waals surface area contributed by atoms with E-state index in [1.165, 1.54) is 13.8 Å². The zero-order valence-corrected chi connectivity index (χ0v) is 11.6. The van der Waals surface area contributed by atoms with Gasteiger partial charge in [0, 0.05) is 12.6 Å². The van der Waals surface area contributed by atoms with Crippen molar-refractivity contribution in [2.24, 2.45) is 0 Å². The fourth-order valence-corrected chi connectivity index (χ4v) is 1.72. The fourth-order valence-electron chi connectivity index (χ4n) is 1.72. The van der Waals surface area contributed by atoms with Crippen molar-refractivity contribution in [3.63, 3.8) is 0 Å². The van der Waals surface area contributed by atoms with Crippen molar-refractivity contribution >= 4 is 11.9 Å². The monoisotopic (exact) mass is 296 g/mol. The lowest BCUT2D eigenvalue weighted by atomic mass is 10.0. The summed E-state index contributed by atoms with van der Waals surface area (Å²) in [5.41, 5.74) is -2.07. The Labute approximate surface area is 120 Å². The zero-order valence-electron chi connectivity index (χ0n) is 11.6. The quantitative estimate of drug-likeness (QED) is 0.903. The summed E-state index contributed by atoms with van der Waals surface area (Å²) < 4.78 is 26.5. The van der Waals surface area contributed by atoms with Gasteiger partial charge in [-0.15, -0.1) is 0 Å². The van der Waals surface area contributed by atoms with E-state index in [1.807, 2.05) is 0 Å². The Hall–Kier alpha value is -2.49. The van der Waals surface area contributed by atoms with Crippen molar-refractivity contribution in [3.8, 4) is 6.07 Å². The molecule has 0 aliphatic rings. The van der Waals surface area contributed by atoms with Crippen LogP contribution in [-0.2, 0) is 4.79 Å². The average Bonchev–Trinajstić information content (AvgIpc) is 2.38. The van der Waals surface area contributed by atoms with E-state index >= 15 is 0 Å². The molecule has 0 aromatic heterocycles. The maximum atomic E-state index is 13.7. The zero-order chi connectivity index (χ0) is 16.2. The molecule has 1 rings (SSSR count). The van der Waals surface area contributed by atoms with Gasteiger partial charge in [-0.3, -0.25) is 4.79 Å². The molecule has 1 aromatic rings. The number of carboxylic acid groups (broad SMARTS) is 1. The van der Waals surface area contributed by atoms with E-state index in [1.54, 1.807) is 6.07 Å². The van der Waals surface area contributed by atoms with Crippen LogP contribution in [0, 0.1) is 23.0 Å². The van der Waals surface area contributed by atoms with Crippen LogP contribution in [0.4, 0.5) is 8.78 Å². The molecule has 0 aliphatic carbocycles. The summed E-state index contributed by atoms with van der Waals surface area (Å²) >= 11 is 0. The molecule has 0 unspecified atom stereocenters. The van der Waals surface area contributed by atoms with Crippen LogP contribution in [0.25, 0.3) is 0 Å². The highest BCUT2D eigenvalue weighted by Gasteiger charge is 2.38. The highest BCUT2D eigenvalue weighted by molar-refractivity contribution is 5.97. The third kappa shape index (κ3) is 3.54. The number of rotatable bonds is 5. The van der Waals surface area contributed by atoms with Gasteiger partial charge in [0.2, 0.25) is 0 Å². The third-order valence-electron chi connectivity index (χ3n) is 3.05. The largest absolute Gasteiger partial charge is 0.480 e. The first-order valence-electron chi connectivity index (χ1n) is 6.09. The predicted octanol–water partition coefficient (Wildman–Crippen LogP) is 2.18. The van der Waals surface area contributed by atoms with Gasteiger partial charge in [0.1, 0.15) is 17.2 Å². The second kappa shape index (κ2) is 6.31. The Bertz CT molecular complexity index is 609. The number of hydrogen-bond acceptors (Lipinski definition) is 3. The predicted molar refractivity (Wildman–Crippen MR) is 69.3 cm³/mol. The van der Waals surface area contributed by atoms with Crippen molar-refractivity contribution < 1.29 is 23.5 Å². The van der Waals surface area contributed by atoms with Gasteiger partial charge in [-0.2, -0.15) is 5.26 Å². The van der Waals surface area contributed by atoms with E-state index in [0.29, 0.717) is 6.07 Å². The van der Waals surface area contributed by atoms with Crippen LogP contribution in [0.5, 0.6) is 0 Å². The first kappa shape index (κ1) is 16.6. The Morgan fingerprint density at radius 1 is 1.38 bits per heavy atom. The minimum atomic E-state index is -1.63. The van der Waals surface area contributed by atoms with Gasteiger partial charge in [0.15, 0.2) is 0 Å². The summed E-state index contributed by atoms with van der Waals surface area (Å²) in [7, 11) is 0. The van der Waals surface area contributed by atoms with Crippen LogP contribution in [0.3, 0.4) is 0 Å². The van der Waals surface area contributed by atoms with Crippen molar-refractivity contribution in [2.75, 3.05) is 6.54 Å². The van der Waals surface area contributed by atoms with Crippen LogP contribution in [0.1, 0.15) is 30.6 Å². The van der Waals surface area contributed by atoms with Gasteiger partial charge in [0.05, 0.1) is 18.1 Å².